The van der Waals surface area contributed by atoms with Crippen molar-refractivity contribution < 1.29 is 9.90 Å². The highest BCUT2D eigenvalue weighted by Crippen LogP contribution is 2.08. The first-order valence-electron chi connectivity index (χ1n) is 3.20. The molecule has 0 spiro atoms. The van der Waals surface area contributed by atoms with E-state index in [1.54, 1.807) is 6.08 Å². The summed E-state index contributed by atoms with van der Waals surface area (Å²) in [7, 11) is 0. The van der Waals surface area contributed by atoms with E-state index >= 15 is 0 Å². The molecule has 2 nitrogen and oxygen atoms in total. The highest BCUT2D eigenvalue weighted by molar-refractivity contribution is 6.25. The third kappa shape index (κ3) is 3.51. The minimum Gasteiger partial charge on any atom is -0.481 e. The van der Waals surface area contributed by atoms with Crippen LogP contribution in [-0.4, -0.2) is 11.1 Å². The molecule has 0 bridgehead atoms. The summed E-state index contributed by atoms with van der Waals surface area (Å²) in [5, 5.41) is 8.52. The number of allylic oxidation sites excluding steroid dienone is 1. The van der Waals surface area contributed by atoms with Crippen LogP contribution in [0.5, 0.6) is 0 Å². The Kier molecular flexibility index (Phi) is 5.03. The third-order valence-corrected chi connectivity index (χ3v) is 1.53. The van der Waals surface area contributed by atoms with Crippen LogP contribution in [0.3, 0.4) is 0 Å². The van der Waals surface area contributed by atoms with Gasteiger partial charge in [-0.05, 0) is 12.8 Å². The molecule has 0 aliphatic heterocycles. The van der Waals surface area contributed by atoms with E-state index in [4.69, 9.17) is 16.7 Å². The minimum atomic E-state index is -0.753. The van der Waals surface area contributed by atoms with Crippen molar-refractivity contribution in [2.45, 2.75) is 19.8 Å². The van der Waals surface area contributed by atoms with E-state index in [-0.39, 0.29) is 5.92 Å². The van der Waals surface area contributed by atoms with Gasteiger partial charge in [-0.15, -0.1) is 0 Å². The van der Waals surface area contributed by atoms with Crippen LogP contribution in [0.25, 0.3) is 0 Å². The Hall–Kier alpha value is -0.500. The molecule has 0 aromatic rings. The molecule has 0 aliphatic rings. The summed E-state index contributed by atoms with van der Waals surface area (Å²) < 4.78 is 0. The van der Waals surface area contributed by atoms with Gasteiger partial charge in [0.25, 0.3) is 0 Å². The molecule has 0 aromatic carbocycles. The Morgan fingerprint density at radius 2 is 2.40 bits per heavy atom. The van der Waals surface area contributed by atoms with Crippen molar-refractivity contribution in [2.24, 2.45) is 5.92 Å². The van der Waals surface area contributed by atoms with Gasteiger partial charge in [-0.2, -0.15) is 0 Å². The molecule has 0 rings (SSSR count). The van der Waals surface area contributed by atoms with E-state index in [0.29, 0.717) is 12.8 Å². The summed E-state index contributed by atoms with van der Waals surface area (Å²) in [5.74, 6) is -1.03. The van der Waals surface area contributed by atoms with Crippen molar-refractivity contribution in [2.75, 3.05) is 0 Å². The molecular formula is C7H11ClO2. The van der Waals surface area contributed by atoms with Crippen molar-refractivity contribution >= 4 is 17.6 Å². The SMILES string of the molecule is CCC(CC=CCl)C(=O)O. The van der Waals surface area contributed by atoms with Crippen LogP contribution in [0.4, 0.5) is 0 Å². The van der Waals surface area contributed by atoms with Crippen LogP contribution in [0.1, 0.15) is 19.8 Å². The van der Waals surface area contributed by atoms with Gasteiger partial charge in [-0.25, -0.2) is 0 Å². The third-order valence-electron chi connectivity index (χ3n) is 1.35. The first kappa shape index (κ1) is 9.50. The number of rotatable bonds is 4. The molecule has 1 unspecified atom stereocenters. The molecule has 0 saturated heterocycles. The predicted octanol–water partition coefficient (Wildman–Crippen LogP) is 2.24. The summed E-state index contributed by atoms with van der Waals surface area (Å²) >= 11 is 5.23. The molecule has 10 heavy (non-hydrogen) atoms. The molecule has 0 aromatic heterocycles. The largest absolute Gasteiger partial charge is 0.481 e. The molecule has 0 heterocycles. The van der Waals surface area contributed by atoms with Crippen LogP contribution in [0, 0.1) is 5.92 Å². The summed E-state index contributed by atoms with van der Waals surface area (Å²) in [6.07, 6.45) is 2.83. The minimum absolute atomic E-state index is 0.282. The fraction of sp³-hybridized carbons (Fsp3) is 0.571. The van der Waals surface area contributed by atoms with Crippen LogP contribution in [0.15, 0.2) is 11.6 Å². The van der Waals surface area contributed by atoms with Gasteiger partial charge in [-0.1, -0.05) is 24.6 Å². The Bertz CT molecular complexity index is 132. The lowest BCUT2D eigenvalue weighted by Crippen LogP contribution is -2.10. The number of halogens is 1. The van der Waals surface area contributed by atoms with Crippen molar-refractivity contribution in [3.05, 3.63) is 11.6 Å². The Morgan fingerprint density at radius 3 is 2.70 bits per heavy atom. The number of carboxylic acid groups (broad SMARTS) is 1. The van der Waals surface area contributed by atoms with E-state index in [2.05, 4.69) is 0 Å². The summed E-state index contributed by atoms with van der Waals surface area (Å²) in [6, 6.07) is 0. The first-order valence-corrected chi connectivity index (χ1v) is 3.64. The predicted molar refractivity (Wildman–Crippen MR) is 41.0 cm³/mol. The van der Waals surface area contributed by atoms with Crippen LogP contribution < -0.4 is 0 Å². The monoisotopic (exact) mass is 162 g/mol. The van der Waals surface area contributed by atoms with E-state index in [9.17, 15) is 4.79 Å². The molecule has 58 valence electrons. The normalized spacial score (nSPS) is 13.8. The molecule has 0 amide bonds. The van der Waals surface area contributed by atoms with E-state index in [1.165, 1.54) is 5.54 Å². The van der Waals surface area contributed by atoms with Crippen molar-refractivity contribution in [1.29, 1.82) is 0 Å². The van der Waals surface area contributed by atoms with Crippen LogP contribution in [0.2, 0.25) is 0 Å². The van der Waals surface area contributed by atoms with Gasteiger partial charge in [0.15, 0.2) is 0 Å². The van der Waals surface area contributed by atoms with E-state index < -0.39 is 5.97 Å². The van der Waals surface area contributed by atoms with Gasteiger partial charge < -0.3 is 5.11 Å². The number of hydrogen-bond acceptors (Lipinski definition) is 1. The molecular weight excluding hydrogens is 152 g/mol. The summed E-state index contributed by atoms with van der Waals surface area (Å²) in [5.41, 5.74) is 1.35. The van der Waals surface area contributed by atoms with Gasteiger partial charge >= 0.3 is 5.97 Å². The molecule has 0 fully saturated rings. The van der Waals surface area contributed by atoms with Crippen molar-refractivity contribution in [3.8, 4) is 0 Å². The van der Waals surface area contributed by atoms with E-state index in [0.717, 1.165) is 0 Å². The van der Waals surface area contributed by atoms with Gasteiger partial charge in [0.1, 0.15) is 0 Å². The molecule has 0 aliphatic carbocycles. The fourth-order valence-electron chi connectivity index (χ4n) is 0.658. The number of hydrogen-bond donors (Lipinski definition) is 1. The lowest BCUT2D eigenvalue weighted by atomic mass is 10.0. The fourth-order valence-corrected chi connectivity index (χ4v) is 0.761. The quantitative estimate of drug-likeness (QED) is 0.689. The second-order valence-corrected chi connectivity index (χ2v) is 2.29. The Morgan fingerprint density at radius 1 is 1.80 bits per heavy atom. The maximum Gasteiger partial charge on any atom is 0.306 e. The molecule has 3 heteroatoms. The van der Waals surface area contributed by atoms with Crippen molar-refractivity contribution in [3.63, 3.8) is 0 Å². The zero-order valence-corrected chi connectivity index (χ0v) is 6.64. The highest BCUT2D eigenvalue weighted by atomic mass is 35.5. The number of carbonyl (C=O) groups is 1. The van der Waals surface area contributed by atoms with Crippen LogP contribution >= 0.6 is 11.6 Å². The summed E-state index contributed by atoms with van der Waals surface area (Å²) in [6.45, 7) is 1.85. The van der Waals surface area contributed by atoms with Gasteiger partial charge in [0.2, 0.25) is 0 Å². The number of aliphatic carboxylic acids is 1. The molecule has 0 saturated carbocycles. The van der Waals surface area contributed by atoms with Gasteiger partial charge in [0.05, 0.1) is 5.92 Å². The maximum atomic E-state index is 10.4. The molecule has 1 N–H and O–H groups in total. The number of carboxylic acids is 1. The van der Waals surface area contributed by atoms with Crippen LogP contribution in [-0.2, 0) is 4.79 Å². The second-order valence-electron chi connectivity index (χ2n) is 2.04. The smallest absolute Gasteiger partial charge is 0.306 e. The van der Waals surface area contributed by atoms with E-state index in [1.807, 2.05) is 6.92 Å². The second kappa shape index (κ2) is 5.30. The Labute approximate surface area is 65.5 Å². The van der Waals surface area contributed by atoms with Crippen molar-refractivity contribution in [1.82, 2.24) is 0 Å². The average molecular weight is 163 g/mol. The summed E-state index contributed by atoms with van der Waals surface area (Å²) in [4.78, 5) is 10.4. The standard InChI is InChI=1S/C7H11ClO2/c1-2-6(7(9)10)4-3-5-8/h3,5-6H,2,4H2,1H3,(H,9,10). The zero-order valence-electron chi connectivity index (χ0n) is 5.88. The Balaban J connectivity index is 3.71. The molecule has 1 atom stereocenters. The lowest BCUT2D eigenvalue weighted by Gasteiger charge is -2.03. The van der Waals surface area contributed by atoms with Gasteiger partial charge in [-0.3, -0.25) is 4.79 Å². The average Bonchev–Trinajstić information content (AvgIpc) is 1.89. The zero-order chi connectivity index (χ0) is 7.98. The first-order chi connectivity index (χ1) is 4.72. The lowest BCUT2D eigenvalue weighted by molar-refractivity contribution is -0.141. The highest BCUT2D eigenvalue weighted by Gasteiger charge is 2.11. The maximum absolute atomic E-state index is 10.4. The topological polar surface area (TPSA) is 37.3 Å². The van der Waals surface area contributed by atoms with Gasteiger partial charge in [0, 0.05) is 5.54 Å². The molecule has 0 radical (unpaired) electrons.